The van der Waals surface area contributed by atoms with Gasteiger partial charge in [-0.1, -0.05) is 0 Å². The van der Waals surface area contributed by atoms with Crippen LogP contribution in [0.15, 0.2) is 30.5 Å². The van der Waals surface area contributed by atoms with Crippen molar-refractivity contribution in [3.8, 4) is 5.75 Å². The Morgan fingerprint density at radius 1 is 1.38 bits per heavy atom. The quantitative estimate of drug-likeness (QED) is 0.938. The van der Waals surface area contributed by atoms with E-state index in [4.69, 9.17) is 10.5 Å². The van der Waals surface area contributed by atoms with Crippen molar-refractivity contribution < 1.29 is 4.74 Å². The van der Waals surface area contributed by atoms with Gasteiger partial charge < -0.3 is 15.4 Å². The first kappa shape index (κ1) is 14.1. The van der Waals surface area contributed by atoms with Gasteiger partial charge in [-0.3, -0.25) is 0 Å². The molecule has 0 spiro atoms. The SMILES string of the molecule is COc1ccc2c(N3CCCC(CCN)C3)nccc2c1. The van der Waals surface area contributed by atoms with Crippen LogP contribution in [0, 0.1) is 5.92 Å². The minimum atomic E-state index is 0.694. The van der Waals surface area contributed by atoms with Gasteiger partial charge in [0, 0.05) is 24.7 Å². The highest BCUT2D eigenvalue weighted by Gasteiger charge is 2.21. The summed E-state index contributed by atoms with van der Waals surface area (Å²) in [7, 11) is 1.70. The number of methoxy groups -OCH3 is 1. The molecule has 1 unspecified atom stereocenters. The molecule has 1 aromatic heterocycles. The van der Waals surface area contributed by atoms with Crippen LogP contribution in [0.1, 0.15) is 19.3 Å². The minimum absolute atomic E-state index is 0.694. The number of piperidine rings is 1. The maximum Gasteiger partial charge on any atom is 0.136 e. The predicted octanol–water partition coefficient (Wildman–Crippen LogP) is 2.81. The number of rotatable bonds is 4. The summed E-state index contributed by atoms with van der Waals surface area (Å²) < 4.78 is 5.31. The average Bonchev–Trinajstić information content (AvgIpc) is 2.54. The molecule has 0 amide bonds. The molecule has 2 N–H and O–H groups in total. The minimum Gasteiger partial charge on any atom is -0.497 e. The Labute approximate surface area is 125 Å². The fraction of sp³-hybridized carbons (Fsp3) is 0.471. The molecule has 0 radical (unpaired) electrons. The van der Waals surface area contributed by atoms with E-state index in [2.05, 4.69) is 22.0 Å². The van der Waals surface area contributed by atoms with E-state index in [9.17, 15) is 0 Å². The van der Waals surface area contributed by atoms with Gasteiger partial charge in [0.25, 0.3) is 0 Å². The zero-order valence-corrected chi connectivity index (χ0v) is 12.6. The van der Waals surface area contributed by atoms with Crippen LogP contribution in [-0.4, -0.2) is 31.7 Å². The molecule has 4 heteroatoms. The number of hydrogen-bond donors (Lipinski definition) is 1. The zero-order valence-electron chi connectivity index (χ0n) is 12.6. The van der Waals surface area contributed by atoms with Crippen LogP contribution < -0.4 is 15.4 Å². The molecule has 0 bridgehead atoms. The van der Waals surface area contributed by atoms with Crippen LogP contribution in [-0.2, 0) is 0 Å². The third-order valence-electron chi connectivity index (χ3n) is 4.34. The van der Waals surface area contributed by atoms with Crippen molar-refractivity contribution in [2.24, 2.45) is 11.7 Å². The van der Waals surface area contributed by atoms with E-state index in [0.29, 0.717) is 5.92 Å². The summed E-state index contributed by atoms with van der Waals surface area (Å²) in [5, 5.41) is 2.38. The summed E-state index contributed by atoms with van der Waals surface area (Å²) >= 11 is 0. The monoisotopic (exact) mass is 285 g/mol. The number of fused-ring (bicyclic) bond motifs is 1. The molecule has 1 fully saturated rings. The fourth-order valence-electron chi connectivity index (χ4n) is 3.25. The number of pyridine rings is 1. The molecule has 2 heterocycles. The Kier molecular flexibility index (Phi) is 4.25. The molecular weight excluding hydrogens is 262 g/mol. The van der Waals surface area contributed by atoms with Gasteiger partial charge in [0.05, 0.1) is 7.11 Å². The molecule has 0 saturated carbocycles. The lowest BCUT2D eigenvalue weighted by Gasteiger charge is -2.34. The largest absolute Gasteiger partial charge is 0.497 e. The molecule has 1 aromatic carbocycles. The second-order valence-electron chi connectivity index (χ2n) is 5.75. The average molecular weight is 285 g/mol. The first-order valence-corrected chi connectivity index (χ1v) is 7.69. The molecular formula is C17H23N3O. The number of nitrogens with two attached hydrogens (primary N) is 1. The summed E-state index contributed by atoms with van der Waals surface area (Å²) in [6.45, 7) is 2.92. The highest BCUT2D eigenvalue weighted by atomic mass is 16.5. The highest BCUT2D eigenvalue weighted by Crippen LogP contribution is 2.30. The van der Waals surface area contributed by atoms with Gasteiger partial charge in [0.1, 0.15) is 11.6 Å². The second-order valence-corrected chi connectivity index (χ2v) is 5.75. The van der Waals surface area contributed by atoms with Gasteiger partial charge in [-0.25, -0.2) is 4.98 Å². The number of ether oxygens (including phenoxy) is 1. The lowest BCUT2D eigenvalue weighted by molar-refractivity contribution is 0.395. The summed E-state index contributed by atoms with van der Waals surface area (Å²) in [6.07, 6.45) is 5.50. The predicted molar refractivity (Wildman–Crippen MR) is 86.9 cm³/mol. The maximum atomic E-state index is 5.72. The van der Waals surface area contributed by atoms with Gasteiger partial charge in [-0.2, -0.15) is 0 Å². The number of benzene rings is 1. The molecule has 1 atom stereocenters. The first-order valence-electron chi connectivity index (χ1n) is 7.69. The zero-order chi connectivity index (χ0) is 14.7. The molecule has 2 aromatic rings. The normalized spacial score (nSPS) is 19.0. The summed E-state index contributed by atoms with van der Waals surface area (Å²) in [4.78, 5) is 7.05. The van der Waals surface area contributed by atoms with Crippen molar-refractivity contribution >= 4 is 16.6 Å². The first-order chi connectivity index (χ1) is 10.3. The Balaban J connectivity index is 1.92. The Bertz CT molecular complexity index is 612. The van der Waals surface area contributed by atoms with E-state index in [1.54, 1.807) is 7.11 Å². The number of anilines is 1. The smallest absolute Gasteiger partial charge is 0.136 e. The van der Waals surface area contributed by atoms with Crippen molar-refractivity contribution in [1.82, 2.24) is 4.98 Å². The molecule has 1 aliphatic rings. The molecule has 4 nitrogen and oxygen atoms in total. The third-order valence-corrected chi connectivity index (χ3v) is 4.34. The van der Waals surface area contributed by atoms with Crippen LogP contribution in [0.25, 0.3) is 10.8 Å². The molecule has 21 heavy (non-hydrogen) atoms. The van der Waals surface area contributed by atoms with Crippen molar-refractivity contribution in [1.29, 1.82) is 0 Å². The van der Waals surface area contributed by atoms with Crippen LogP contribution >= 0.6 is 0 Å². The van der Waals surface area contributed by atoms with Gasteiger partial charge in [0.2, 0.25) is 0 Å². The molecule has 1 saturated heterocycles. The van der Waals surface area contributed by atoms with E-state index in [-0.39, 0.29) is 0 Å². The van der Waals surface area contributed by atoms with Crippen molar-refractivity contribution in [3.63, 3.8) is 0 Å². The number of hydrogen-bond acceptors (Lipinski definition) is 4. The summed E-state index contributed by atoms with van der Waals surface area (Å²) in [5.41, 5.74) is 5.72. The van der Waals surface area contributed by atoms with E-state index in [0.717, 1.165) is 37.6 Å². The van der Waals surface area contributed by atoms with E-state index in [1.807, 2.05) is 18.3 Å². The van der Waals surface area contributed by atoms with Crippen LogP contribution in [0.5, 0.6) is 5.75 Å². The molecule has 3 rings (SSSR count). The van der Waals surface area contributed by atoms with Gasteiger partial charge >= 0.3 is 0 Å². The lowest BCUT2D eigenvalue weighted by Crippen LogP contribution is -2.36. The third kappa shape index (κ3) is 2.95. The van der Waals surface area contributed by atoms with Crippen LogP contribution in [0.4, 0.5) is 5.82 Å². The van der Waals surface area contributed by atoms with E-state index in [1.165, 1.54) is 23.6 Å². The molecule has 112 valence electrons. The Hall–Kier alpha value is -1.81. The van der Waals surface area contributed by atoms with Crippen molar-refractivity contribution in [3.05, 3.63) is 30.5 Å². The summed E-state index contributed by atoms with van der Waals surface area (Å²) in [6, 6.07) is 8.24. The Morgan fingerprint density at radius 2 is 2.29 bits per heavy atom. The van der Waals surface area contributed by atoms with E-state index < -0.39 is 0 Å². The van der Waals surface area contributed by atoms with Gasteiger partial charge in [-0.15, -0.1) is 0 Å². The molecule has 0 aliphatic carbocycles. The lowest BCUT2D eigenvalue weighted by atomic mass is 9.94. The highest BCUT2D eigenvalue weighted by molar-refractivity contribution is 5.93. The molecule has 1 aliphatic heterocycles. The van der Waals surface area contributed by atoms with Crippen molar-refractivity contribution in [2.75, 3.05) is 31.6 Å². The van der Waals surface area contributed by atoms with Gasteiger partial charge in [-0.05, 0) is 61.4 Å². The summed E-state index contributed by atoms with van der Waals surface area (Å²) in [5.74, 6) is 2.68. The Morgan fingerprint density at radius 3 is 3.10 bits per heavy atom. The van der Waals surface area contributed by atoms with Crippen LogP contribution in [0.3, 0.4) is 0 Å². The maximum absolute atomic E-state index is 5.72. The second kappa shape index (κ2) is 6.31. The fourth-order valence-corrected chi connectivity index (χ4v) is 3.25. The standard InChI is InChI=1S/C17H23N3O/c1-21-15-4-5-16-14(11-15)7-9-19-17(16)20-10-2-3-13(12-20)6-8-18/h4-5,7,9,11,13H,2-3,6,8,10,12,18H2,1H3. The van der Waals surface area contributed by atoms with Gasteiger partial charge in [0.15, 0.2) is 0 Å². The van der Waals surface area contributed by atoms with E-state index >= 15 is 0 Å². The van der Waals surface area contributed by atoms with Crippen LogP contribution in [0.2, 0.25) is 0 Å². The number of aromatic nitrogens is 1. The topological polar surface area (TPSA) is 51.4 Å². The number of nitrogens with zero attached hydrogens (tertiary/aromatic N) is 2. The van der Waals surface area contributed by atoms with Crippen molar-refractivity contribution in [2.45, 2.75) is 19.3 Å².